The summed E-state index contributed by atoms with van der Waals surface area (Å²) >= 11 is 0. The van der Waals surface area contributed by atoms with Crippen molar-refractivity contribution in [1.29, 1.82) is 0 Å². The zero-order chi connectivity index (χ0) is 27.5. The van der Waals surface area contributed by atoms with Gasteiger partial charge in [-0.2, -0.15) is 5.10 Å². The Labute approximate surface area is 232 Å². The van der Waals surface area contributed by atoms with Crippen LogP contribution in [-0.2, 0) is 11.8 Å². The molecule has 2 aromatic carbocycles. The average Bonchev–Trinajstić information content (AvgIpc) is 3.59. The van der Waals surface area contributed by atoms with Crippen molar-refractivity contribution in [1.82, 2.24) is 19.6 Å². The van der Waals surface area contributed by atoms with Gasteiger partial charge in [-0.1, -0.05) is 31.2 Å². The molecule has 206 valence electrons. The van der Waals surface area contributed by atoms with E-state index in [1.54, 1.807) is 0 Å². The van der Waals surface area contributed by atoms with Gasteiger partial charge in [-0.3, -0.25) is 14.3 Å². The summed E-state index contributed by atoms with van der Waals surface area (Å²) in [4.78, 5) is 30.7. The third kappa shape index (κ3) is 6.09. The molecule has 2 aliphatic heterocycles. The lowest BCUT2D eigenvalue weighted by Gasteiger charge is -2.33. The number of nitrogens with zero attached hydrogens (tertiary/aromatic N) is 4. The number of piperidine rings is 1. The van der Waals surface area contributed by atoms with Crippen LogP contribution in [-0.4, -0.2) is 64.1 Å². The van der Waals surface area contributed by atoms with E-state index in [0.717, 1.165) is 75.2 Å². The summed E-state index contributed by atoms with van der Waals surface area (Å²) in [5.41, 5.74) is 7.35. The van der Waals surface area contributed by atoms with E-state index >= 15 is 0 Å². The Morgan fingerprint density at radius 3 is 2.46 bits per heavy atom. The molecular formula is C32H41N5O2. The van der Waals surface area contributed by atoms with Crippen LogP contribution in [0.15, 0.2) is 48.8 Å². The average molecular weight is 528 g/mol. The van der Waals surface area contributed by atoms with Crippen molar-refractivity contribution < 1.29 is 9.59 Å². The van der Waals surface area contributed by atoms with Gasteiger partial charge in [-0.25, -0.2) is 0 Å². The maximum Gasteiger partial charge on any atom is 0.253 e. The van der Waals surface area contributed by atoms with Crippen LogP contribution in [0.4, 0.5) is 5.69 Å². The summed E-state index contributed by atoms with van der Waals surface area (Å²) in [6.45, 7) is 10.6. The molecule has 1 unspecified atom stereocenters. The van der Waals surface area contributed by atoms with Gasteiger partial charge >= 0.3 is 0 Å². The second-order valence-electron chi connectivity index (χ2n) is 11.3. The smallest absolute Gasteiger partial charge is 0.253 e. The molecule has 0 radical (unpaired) electrons. The van der Waals surface area contributed by atoms with Crippen LogP contribution in [0, 0.1) is 19.8 Å². The highest BCUT2D eigenvalue weighted by Gasteiger charge is 2.29. The van der Waals surface area contributed by atoms with Crippen LogP contribution >= 0.6 is 0 Å². The van der Waals surface area contributed by atoms with Gasteiger partial charge in [0.05, 0.1) is 12.1 Å². The Morgan fingerprint density at radius 1 is 0.974 bits per heavy atom. The van der Waals surface area contributed by atoms with Crippen molar-refractivity contribution in [2.45, 2.75) is 52.4 Å². The zero-order valence-corrected chi connectivity index (χ0v) is 23.7. The first-order chi connectivity index (χ1) is 18.8. The lowest BCUT2D eigenvalue weighted by molar-refractivity contribution is -0.119. The van der Waals surface area contributed by atoms with Crippen molar-refractivity contribution in [3.8, 4) is 11.1 Å². The summed E-state index contributed by atoms with van der Waals surface area (Å²) < 4.78 is 1.83. The lowest BCUT2D eigenvalue weighted by atomic mass is 9.85. The van der Waals surface area contributed by atoms with Crippen molar-refractivity contribution in [2.75, 3.05) is 38.0 Å². The minimum absolute atomic E-state index is 0.0104. The quantitative estimate of drug-likeness (QED) is 0.447. The number of benzene rings is 2. The standard InChI is InChI=1S/C32H41N5O2/c1-5-13-36-14-10-27(21-36)31(38)34-30-18-26(7-6-22(30)2)32(39)37-15-11-24(12-16-37)29-9-8-25(17-23(29)3)28-19-33-35(4)20-28/h6-9,17-20,24,27H,5,10-16,21H2,1-4H3,(H,34,38). The first kappa shape index (κ1) is 27.1. The van der Waals surface area contributed by atoms with Crippen LogP contribution in [0.5, 0.6) is 0 Å². The van der Waals surface area contributed by atoms with E-state index in [1.165, 1.54) is 16.7 Å². The molecule has 7 nitrogen and oxygen atoms in total. The van der Waals surface area contributed by atoms with Crippen molar-refractivity contribution in [2.24, 2.45) is 13.0 Å². The normalized spacial score (nSPS) is 18.5. The van der Waals surface area contributed by atoms with E-state index in [9.17, 15) is 9.59 Å². The minimum Gasteiger partial charge on any atom is -0.339 e. The summed E-state index contributed by atoms with van der Waals surface area (Å²) in [6, 6.07) is 12.4. The highest BCUT2D eigenvalue weighted by molar-refractivity contribution is 5.98. The van der Waals surface area contributed by atoms with Crippen LogP contribution in [0.3, 0.4) is 0 Å². The monoisotopic (exact) mass is 527 g/mol. The van der Waals surface area contributed by atoms with E-state index in [1.807, 2.05) is 54.1 Å². The summed E-state index contributed by atoms with van der Waals surface area (Å²) in [6.07, 6.45) is 7.83. The largest absolute Gasteiger partial charge is 0.339 e. The lowest BCUT2D eigenvalue weighted by Crippen LogP contribution is -2.38. The number of aryl methyl sites for hydroxylation is 3. The third-order valence-corrected chi connectivity index (χ3v) is 8.46. The fraction of sp³-hybridized carbons (Fsp3) is 0.469. The maximum atomic E-state index is 13.4. The Kier molecular flexibility index (Phi) is 8.17. The molecule has 0 aliphatic carbocycles. The van der Waals surface area contributed by atoms with Gasteiger partial charge in [0, 0.05) is 49.7 Å². The van der Waals surface area contributed by atoms with E-state index in [2.05, 4.69) is 47.4 Å². The number of likely N-dealkylation sites (tertiary alicyclic amines) is 2. The van der Waals surface area contributed by atoms with Crippen LogP contribution in [0.2, 0.25) is 0 Å². The molecule has 2 fully saturated rings. The maximum absolute atomic E-state index is 13.4. The molecule has 7 heteroatoms. The van der Waals surface area contributed by atoms with Crippen molar-refractivity contribution >= 4 is 17.5 Å². The summed E-state index contributed by atoms with van der Waals surface area (Å²) in [7, 11) is 1.94. The molecule has 3 heterocycles. The first-order valence-electron chi connectivity index (χ1n) is 14.3. The van der Waals surface area contributed by atoms with Gasteiger partial charge in [0.1, 0.15) is 0 Å². The van der Waals surface area contributed by atoms with Gasteiger partial charge in [-0.15, -0.1) is 0 Å². The molecule has 1 aromatic heterocycles. The van der Waals surface area contributed by atoms with E-state index < -0.39 is 0 Å². The fourth-order valence-corrected chi connectivity index (χ4v) is 6.15. The molecule has 2 amide bonds. The van der Waals surface area contributed by atoms with E-state index in [-0.39, 0.29) is 17.7 Å². The predicted octanol–water partition coefficient (Wildman–Crippen LogP) is 5.39. The highest BCUT2D eigenvalue weighted by atomic mass is 16.2. The molecule has 1 N–H and O–H groups in total. The van der Waals surface area contributed by atoms with Crippen LogP contribution in [0.25, 0.3) is 11.1 Å². The van der Waals surface area contributed by atoms with Gasteiger partial charge in [0.25, 0.3) is 5.91 Å². The van der Waals surface area contributed by atoms with Gasteiger partial charge in [-0.05, 0) is 92.9 Å². The fourth-order valence-electron chi connectivity index (χ4n) is 6.15. The van der Waals surface area contributed by atoms with Gasteiger partial charge in [0.2, 0.25) is 5.91 Å². The Balaban J connectivity index is 1.20. The summed E-state index contributed by atoms with van der Waals surface area (Å²) in [5, 5.41) is 7.42. The molecule has 3 aromatic rings. The number of hydrogen-bond donors (Lipinski definition) is 1. The molecule has 2 aliphatic rings. The number of hydrogen-bond acceptors (Lipinski definition) is 4. The van der Waals surface area contributed by atoms with Crippen molar-refractivity contribution in [3.63, 3.8) is 0 Å². The number of anilines is 1. The number of carbonyl (C=O) groups is 2. The Bertz CT molecular complexity index is 1340. The van der Waals surface area contributed by atoms with E-state index in [0.29, 0.717) is 11.5 Å². The number of nitrogens with one attached hydrogen (secondary N) is 1. The molecule has 2 saturated heterocycles. The molecule has 5 rings (SSSR count). The van der Waals surface area contributed by atoms with Gasteiger partial charge in [0.15, 0.2) is 0 Å². The second kappa shape index (κ2) is 11.7. The third-order valence-electron chi connectivity index (χ3n) is 8.46. The predicted molar refractivity (Wildman–Crippen MR) is 156 cm³/mol. The molecule has 0 bridgehead atoms. The van der Waals surface area contributed by atoms with Crippen molar-refractivity contribution in [3.05, 3.63) is 71.0 Å². The highest BCUT2D eigenvalue weighted by Crippen LogP contribution is 2.33. The topological polar surface area (TPSA) is 70.5 Å². The number of carbonyl (C=O) groups excluding carboxylic acids is 2. The zero-order valence-electron chi connectivity index (χ0n) is 23.7. The van der Waals surface area contributed by atoms with Gasteiger partial charge < -0.3 is 15.1 Å². The van der Waals surface area contributed by atoms with Crippen LogP contribution < -0.4 is 5.32 Å². The molecule has 0 saturated carbocycles. The number of aromatic nitrogens is 2. The molecular weight excluding hydrogens is 486 g/mol. The SMILES string of the molecule is CCCN1CCC(C(=O)Nc2cc(C(=O)N3CCC(c4ccc(-c5cnn(C)c5)cc4C)CC3)ccc2C)C1. The molecule has 39 heavy (non-hydrogen) atoms. The Morgan fingerprint density at radius 2 is 1.77 bits per heavy atom. The minimum atomic E-state index is 0.0104. The number of amides is 2. The van der Waals surface area contributed by atoms with Crippen LogP contribution in [0.1, 0.15) is 65.6 Å². The second-order valence-corrected chi connectivity index (χ2v) is 11.3. The summed E-state index contributed by atoms with van der Waals surface area (Å²) in [5.74, 6) is 0.564. The van der Waals surface area contributed by atoms with E-state index in [4.69, 9.17) is 0 Å². The molecule has 0 spiro atoms. The number of rotatable bonds is 7. The Hall–Kier alpha value is -3.45. The first-order valence-corrected chi connectivity index (χ1v) is 14.3. The molecule has 1 atom stereocenters.